The second-order valence-electron chi connectivity index (χ2n) is 7.73. The SMILES string of the molecule is CCNC(=NCc1ccccc1NS(C)(=O)=O)NC1CCC(C(C)C)CC1. The van der Waals surface area contributed by atoms with Gasteiger partial charge in [-0.3, -0.25) is 4.72 Å². The highest BCUT2D eigenvalue weighted by Crippen LogP contribution is 2.29. The standard InChI is InChI=1S/C20H34N4O2S/c1-5-21-20(23-18-12-10-16(11-13-18)15(2)3)22-14-17-8-6-7-9-19(17)24-27(4,25)26/h6-9,15-16,18,24H,5,10-14H2,1-4H3,(H2,21,22,23). The summed E-state index contributed by atoms with van der Waals surface area (Å²) in [7, 11) is -3.31. The first-order chi connectivity index (χ1) is 12.8. The summed E-state index contributed by atoms with van der Waals surface area (Å²) >= 11 is 0. The predicted octanol–water partition coefficient (Wildman–Crippen LogP) is 3.33. The lowest BCUT2D eigenvalue weighted by Gasteiger charge is -2.32. The maximum Gasteiger partial charge on any atom is 0.229 e. The molecule has 1 aromatic rings. The Hall–Kier alpha value is -1.76. The van der Waals surface area contributed by atoms with Crippen molar-refractivity contribution in [3.63, 3.8) is 0 Å². The fourth-order valence-electron chi connectivity index (χ4n) is 3.57. The fourth-order valence-corrected chi connectivity index (χ4v) is 4.16. The van der Waals surface area contributed by atoms with Gasteiger partial charge in [0.1, 0.15) is 0 Å². The Bertz CT molecular complexity index is 723. The molecular formula is C20H34N4O2S. The summed E-state index contributed by atoms with van der Waals surface area (Å²) in [6.45, 7) is 7.87. The van der Waals surface area contributed by atoms with Crippen molar-refractivity contribution in [2.24, 2.45) is 16.8 Å². The predicted molar refractivity (Wildman–Crippen MR) is 113 cm³/mol. The van der Waals surface area contributed by atoms with Crippen LogP contribution in [0.1, 0.15) is 52.0 Å². The Kier molecular flexibility index (Phi) is 7.95. The molecule has 1 saturated carbocycles. The molecule has 0 spiro atoms. The summed E-state index contributed by atoms with van der Waals surface area (Å²) in [4.78, 5) is 4.68. The van der Waals surface area contributed by atoms with Crippen LogP contribution >= 0.6 is 0 Å². The minimum Gasteiger partial charge on any atom is -0.357 e. The molecule has 0 unspecified atom stereocenters. The van der Waals surface area contributed by atoms with Crippen molar-refractivity contribution in [2.45, 2.75) is 59.0 Å². The lowest BCUT2D eigenvalue weighted by Crippen LogP contribution is -2.45. The molecule has 1 fully saturated rings. The van der Waals surface area contributed by atoms with Crippen LogP contribution in [0.25, 0.3) is 0 Å². The van der Waals surface area contributed by atoms with Gasteiger partial charge in [-0.2, -0.15) is 0 Å². The lowest BCUT2D eigenvalue weighted by molar-refractivity contribution is 0.250. The van der Waals surface area contributed by atoms with Crippen molar-refractivity contribution in [3.8, 4) is 0 Å². The number of para-hydroxylation sites is 1. The summed E-state index contributed by atoms with van der Waals surface area (Å²) in [6.07, 6.45) is 6.01. The number of hydrogen-bond donors (Lipinski definition) is 3. The minimum atomic E-state index is -3.31. The molecule has 152 valence electrons. The molecule has 0 radical (unpaired) electrons. The van der Waals surface area contributed by atoms with Crippen molar-refractivity contribution in [2.75, 3.05) is 17.5 Å². The highest BCUT2D eigenvalue weighted by Gasteiger charge is 2.23. The van der Waals surface area contributed by atoms with Gasteiger partial charge in [-0.05, 0) is 56.1 Å². The molecule has 2 rings (SSSR count). The summed E-state index contributed by atoms with van der Waals surface area (Å²) in [6, 6.07) is 7.82. The normalized spacial score (nSPS) is 21.1. The first-order valence-corrected chi connectivity index (χ1v) is 11.8. The van der Waals surface area contributed by atoms with E-state index in [0.717, 1.165) is 36.2 Å². The molecule has 7 heteroatoms. The van der Waals surface area contributed by atoms with Gasteiger partial charge in [0.05, 0.1) is 18.5 Å². The van der Waals surface area contributed by atoms with E-state index in [0.29, 0.717) is 18.3 Å². The zero-order valence-electron chi connectivity index (χ0n) is 17.0. The van der Waals surface area contributed by atoms with E-state index in [9.17, 15) is 8.42 Å². The lowest BCUT2D eigenvalue weighted by atomic mass is 9.80. The number of aliphatic imine (C=N–C) groups is 1. The van der Waals surface area contributed by atoms with E-state index in [1.54, 1.807) is 6.07 Å². The highest BCUT2D eigenvalue weighted by molar-refractivity contribution is 7.92. The highest BCUT2D eigenvalue weighted by atomic mass is 32.2. The molecular weight excluding hydrogens is 360 g/mol. The molecule has 6 nitrogen and oxygen atoms in total. The molecule has 0 heterocycles. The minimum absolute atomic E-state index is 0.412. The Morgan fingerprint density at radius 3 is 2.44 bits per heavy atom. The largest absolute Gasteiger partial charge is 0.357 e. The van der Waals surface area contributed by atoms with Gasteiger partial charge in [-0.25, -0.2) is 13.4 Å². The van der Waals surface area contributed by atoms with Crippen molar-refractivity contribution < 1.29 is 8.42 Å². The molecule has 0 amide bonds. The van der Waals surface area contributed by atoms with Crippen LogP contribution in [0.15, 0.2) is 29.3 Å². The average Bonchev–Trinajstić information content (AvgIpc) is 2.60. The number of nitrogens with zero attached hydrogens (tertiary/aromatic N) is 1. The van der Waals surface area contributed by atoms with Crippen LogP contribution in [-0.4, -0.2) is 33.2 Å². The molecule has 0 bridgehead atoms. The van der Waals surface area contributed by atoms with E-state index in [1.165, 1.54) is 25.7 Å². The molecule has 1 aromatic carbocycles. The zero-order valence-corrected chi connectivity index (χ0v) is 17.8. The monoisotopic (exact) mass is 394 g/mol. The Balaban J connectivity index is 2.02. The number of benzene rings is 1. The molecule has 0 aromatic heterocycles. The molecule has 1 aliphatic carbocycles. The number of sulfonamides is 1. The second kappa shape index (κ2) is 9.97. The maximum absolute atomic E-state index is 11.6. The van der Waals surface area contributed by atoms with Crippen molar-refractivity contribution in [3.05, 3.63) is 29.8 Å². The average molecular weight is 395 g/mol. The first-order valence-electron chi connectivity index (χ1n) is 9.89. The smallest absolute Gasteiger partial charge is 0.229 e. The number of rotatable bonds is 7. The summed E-state index contributed by atoms with van der Waals surface area (Å²) < 4.78 is 25.7. The summed E-state index contributed by atoms with van der Waals surface area (Å²) in [5.41, 5.74) is 1.43. The van der Waals surface area contributed by atoms with E-state index >= 15 is 0 Å². The van der Waals surface area contributed by atoms with Crippen molar-refractivity contribution in [1.29, 1.82) is 0 Å². The molecule has 1 aliphatic rings. The van der Waals surface area contributed by atoms with Gasteiger partial charge in [0, 0.05) is 12.6 Å². The molecule has 0 atom stereocenters. The van der Waals surface area contributed by atoms with E-state index in [2.05, 4.69) is 34.2 Å². The Labute approximate surface area is 164 Å². The zero-order chi connectivity index (χ0) is 19.9. The summed E-state index contributed by atoms with van der Waals surface area (Å²) in [5.74, 6) is 2.38. The van der Waals surface area contributed by atoms with Crippen molar-refractivity contribution in [1.82, 2.24) is 10.6 Å². The second-order valence-corrected chi connectivity index (χ2v) is 9.48. The number of anilines is 1. The van der Waals surface area contributed by atoms with Crippen LogP contribution in [0, 0.1) is 11.8 Å². The van der Waals surface area contributed by atoms with Gasteiger partial charge in [-0.15, -0.1) is 0 Å². The van der Waals surface area contributed by atoms with E-state index in [4.69, 9.17) is 0 Å². The molecule has 27 heavy (non-hydrogen) atoms. The van der Waals surface area contributed by atoms with Crippen LogP contribution in [0.5, 0.6) is 0 Å². The molecule has 0 saturated heterocycles. The first kappa shape index (κ1) is 21.5. The van der Waals surface area contributed by atoms with Gasteiger partial charge < -0.3 is 10.6 Å². The third-order valence-electron chi connectivity index (χ3n) is 5.12. The Morgan fingerprint density at radius 1 is 1.19 bits per heavy atom. The fraction of sp³-hybridized carbons (Fsp3) is 0.650. The van der Waals surface area contributed by atoms with Gasteiger partial charge in [0.2, 0.25) is 10.0 Å². The van der Waals surface area contributed by atoms with Crippen LogP contribution < -0.4 is 15.4 Å². The van der Waals surface area contributed by atoms with Gasteiger partial charge in [0.25, 0.3) is 0 Å². The van der Waals surface area contributed by atoms with Crippen LogP contribution in [0.2, 0.25) is 0 Å². The van der Waals surface area contributed by atoms with Crippen LogP contribution in [0.4, 0.5) is 5.69 Å². The third-order valence-corrected chi connectivity index (χ3v) is 5.71. The number of guanidine groups is 1. The maximum atomic E-state index is 11.6. The number of hydrogen-bond acceptors (Lipinski definition) is 3. The van der Waals surface area contributed by atoms with E-state index < -0.39 is 10.0 Å². The number of nitrogens with one attached hydrogen (secondary N) is 3. The quantitative estimate of drug-likeness (QED) is 0.489. The molecule has 3 N–H and O–H groups in total. The van der Waals surface area contributed by atoms with E-state index in [1.807, 2.05) is 25.1 Å². The van der Waals surface area contributed by atoms with Gasteiger partial charge >= 0.3 is 0 Å². The van der Waals surface area contributed by atoms with Crippen LogP contribution in [-0.2, 0) is 16.6 Å². The van der Waals surface area contributed by atoms with E-state index in [-0.39, 0.29) is 0 Å². The summed E-state index contributed by atoms with van der Waals surface area (Å²) in [5, 5.41) is 6.86. The van der Waals surface area contributed by atoms with Crippen LogP contribution in [0.3, 0.4) is 0 Å². The topological polar surface area (TPSA) is 82.6 Å². The van der Waals surface area contributed by atoms with Crippen molar-refractivity contribution >= 4 is 21.7 Å². The molecule has 0 aliphatic heterocycles. The Morgan fingerprint density at radius 2 is 1.85 bits per heavy atom. The van der Waals surface area contributed by atoms with Gasteiger partial charge in [-0.1, -0.05) is 32.0 Å². The third kappa shape index (κ3) is 7.40. The van der Waals surface area contributed by atoms with Gasteiger partial charge in [0.15, 0.2) is 5.96 Å².